The molecule has 2 aliphatic rings. The number of anilines is 1. The zero-order chi connectivity index (χ0) is 13.6. The van der Waals surface area contributed by atoms with Crippen LogP contribution in [0.4, 0.5) is 5.82 Å². The highest BCUT2D eigenvalue weighted by Gasteiger charge is 2.30. The molecule has 0 radical (unpaired) electrons. The number of carbonyl (C=O) groups is 2. The van der Waals surface area contributed by atoms with Crippen molar-refractivity contribution in [2.75, 3.05) is 11.4 Å². The van der Waals surface area contributed by atoms with E-state index in [0.717, 1.165) is 19.4 Å². The number of aromatic nitrogens is 1. The highest BCUT2D eigenvalue weighted by atomic mass is 16.4. The Morgan fingerprint density at radius 1 is 1.58 bits per heavy atom. The van der Waals surface area contributed by atoms with Gasteiger partial charge in [-0.25, -0.2) is 9.78 Å². The highest BCUT2D eigenvalue weighted by molar-refractivity contribution is 6.02. The van der Waals surface area contributed by atoms with Crippen LogP contribution in [0.3, 0.4) is 0 Å². The van der Waals surface area contributed by atoms with E-state index in [4.69, 9.17) is 0 Å². The van der Waals surface area contributed by atoms with Crippen LogP contribution in [0.2, 0.25) is 0 Å². The van der Waals surface area contributed by atoms with Crippen LogP contribution in [0.1, 0.15) is 46.2 Å². The molecule has 3 rings (SSSR count). The van der Waals surface area contributed by atoms with Gasteiger partial charge in [0.05, 0.1) is 5.56 Å². The summed E-state index contributed by atoms with van der Waals surface area (Å²) in [6.45, 7) is 3.19. The number of nitrogens with one attached hydrogen (secondary N) is 1. The lowest BCUT2D eigenvalue weighted by Crippen LogP contribution is -2.28. The third-order valence-electron chi connectivity index (χ3n) is 3.83. The maximum Gasteiger partial charge on any atom is 0.354 e. The van der Waals surface area contributed by atoms with Crippen molar-refractivity contribution in [3.63, 3.8) is 0 Å². The fraction of sp³-hybridized carbons (Fsp3) is 0.462. The average molecular weight is 261 g/mol. The molecule has 1 amide bonds. The molecule has 0 unspecified atom stereocenters. The number of aromatic carboxylic acids is 1. The second-order valence-corrected chi connectivity index (χ2v) is 5.03. The Morgan fingerprint density at radius 2 is 2.37 bits per heavy atom. The number of hydrogen-bond donors (Lipinski definition) is 2. The van der Waals surface area contributed by atoms with Crippen LogP contribution in [0, 0.1) is 0 Å². The van der Waals surface area contributed by atoms with Gasteiger partial charge in [0.25, 0.3) is 5.91 Å². The molecule has 3 heterocycles. The Kier molecular flexibility index (Phi) is 2.66. The largest absolute Gasteiger partial charge is 0.476 e. The van der Waals surface area contributed by atoms with Crippen molar-refractivity contribution < 1.29 is 14.7 Å². The van der Waals surface area contributed by atoms with Crippen molar-refractivity contribution in [3.8, 4) is 0 Å². The molecule has 19 heavy (non-hydrogen) atoms. The number of carboxylic acids is 1. The smallest absolute Gasteiger partial charge is 0.354 e. The van der Waals surface area contributed by atoms with E-state index in [1.165, 1.54) is 0 Å². The van der Waals surface area contributed by atoms with Gasteiger partial charge >= 0.3 is 5.97 Å². The molecule has 0 aromatic carbocycles. The third-order valence-corrected chi connectivity index (χ3v) is 3.83. The molecule has 6 heteroatoms. The standard InChI is InChI=1S/C13H15N3O3/c1-7-3-2-4-16(7)10-5-8-9(6-14-12(8)17)11(15-10)13(18)19/h5,7H,2-4,6H2,1H3,(H,14,17)(H,18,19)/t7-/m1/s1. The first-order valence-electron chi connectivity index (χ1n) is 6.40. The van der Waals surface area contributed by atoms with Crippen molar-refractivity contribution in [1.82, 2.24) is 10.3 Å². The first kappa shape index (κ1) is 12.0. The van der Waals surface area contributed by atoms with Gasteiger partial charge in [0.2, 0.25) is 0 Å². The van der Waals surface area contributed by atoms with Gasteiger partial charge in [0.1, 0.15) is 5.82 Å². The zero-order valence-corrected chi connectivity index (χ0v) is 10.6. The van der Waals surface area contributed by atoms with Crippen molar-refractivity contribution in [3.05, 3.63) is 22.9 Å². The van der Waals surface area contributed by atoms with Gasteiger partial charge in [0.15, 0.2) is 5.69 Å². The zero-order valence-electron chi connectivity index (χ0n) is 10.6. The summed E-state index contributed by atoms with van der Waals surface area (Å²) in [4.78, 5) is 29.3. The van der Waals surface area contributed by atoms with E-state index in [0.29, 0.717) is 23.0 Å². The van der Waals surface area contributed by atoms with Crippen LogP contribution >= 0.6 is 0 Å². The van der Waals surface area contributed by atoms with Crippen molar-refractivity contribution in [2.24, 2.45) is 0 Å². The first-order valence-corrected chi connectivity index (χ1v) is 6.40. The molecule has 1 saturated heterocycles. The van der Waals surface area contributed by atoms with E-state index in [1.807, 2.05) is 0 Å². The highest BCUT2D eigenvalue weighted by Crippen LogP contribution is 2.28. The number of rotatable bonds is 2. The van der Waals surface area contributed by atoms with Crippen LogP contribution < -0.4 is 10.2 Å². The lowest BCUT2D eigenvalue weighted by atomic mass is 10.1. The minimum Gasteiger partial charge on any atom is -0.476 e. The normalized spacial score (nSPS) is 21.4. The summed E-state index contributed by atoms with van der Waals surface area (Å²) in [6, 6.07) is 2.04. The van der Waals surface area contributed by atoms with Gasteiger partial charge in [0, 0.05) is 24.7 Å². The Labute approximate surface area is 110 Å². The molecule has 0 aliphatic carbocycles. The molecule has 2 aliphatic heterocycles. The van der Waals surface area contributed by atoms with E-state index in [9.17, 15) is 14.7 Å². The first-order chi connectivity index (χ1) is 9.08. The third kappa shape index (κ3) is 1.83. The molecule has 1 aromatic rings. The Bertz CT molecular complexity index is 570. The van der Waals surface area contributed by atoms with E-state index in [2.05, 4.69) is 22.1 Å². The Morgan fingerprint density at radius 3 is 3.00 bits per heavy atom. The maximum absolute atomic E-state index is 11.7. The van der Waals surface area contributed by atoms with Crippen molar-refractivity contribution in [2.45, 2.75) is 32.4 Å². The number of carboxylic acid groups (broad SMARTS) is 1. The van der Waals surface area contributed by atoms with E-state index < -0.39 is 5.97 Å². The number of pyridine rings is 1. The predicted octanol–water partition coefficient (Wildman–Crippen LogP) is 1.01. The summed E-state index contributed by atoms with van der Waals surface area (Å²) < 4.78 is 0. The van der Waals surface area contributed by atoms with Gasteiger partial charge in [-0.15, -0.1) is 0 Å². The van der Waals surface area contributed by atoms with Gasteiger partial charge in [-0.2, -0.15) is 0 Å². The molecular weight excluding hydrogens is 246 g/mol. The summed E-state index contributed by atoms with van der Waals surface area (Å²) in [7, 11) is 0. The van der Waals surface area contributed by atoms with E-state index in [-0.39, 0.29) is 18.1 Å². The summed E-state index contributed by atoms with van der Waals surface area (Å²) >= 11 is 0. The van der Waals surface area contributed by atoms with Gasteiger partial charge < -0.3 is 15.3 Å². The van der Waals surface area contributed by atoms with Crippen molar-refractivity contribution in [1.29, 1.82) is 0 Å². The minimum absolute atomic E-state index is 0.00931. The SMILES string of the molecule is C[C@@H]1CCCN1c1cc2c(c(C(=O)O)n1)CNC2=O. The summed E-state index contributed by atoms with van der Waals surface area (Å²) in [6.07, 6.45) is 2.13. The van der Waals surface area contributed by atoms with Crippen LogP contribution in [0.5, 0.6) is 0 Å². The lowest BCUT2D eigenvalue weighted by Gasteiger charge is -2.23. The van der Waals surface area contributed by atoms with Crippen LogP contribution in [0.15, 0.2) is 6.07 Å². The molecule has 1 fully saturated rings. The van der Waals surface area contributed by atoms with Gasteiger partial charge in [-0.05, 0) is 25.8 Å². The topological polar surface area (TPSA) is 82.5 Å². The molecule has 1 atom stereocenters. The second-order valence-electron chi connectivity index (χ2n) is 5.03. The van der Waals surface area contributed by atoms with Gasteiger partial charge in [-0.1, -0.05) is 0 Å². The molecule has 2 N–H and O–H groups in total. The second kappa shape index (κ2) is 4.22. The number of nitrogens with zero attached hydrogens (tertiary/aromatic N) is 2. The van der Waals surface area contributed by atoms with E-state index >= 15 is 0 Å². The molecule has 0 spiro atoms. The van der Waals surface area contributed by atoms with Gasteiger partial charge in [-0.3, -0.25) is 4.79 Å². The fourth-order valence-electron chi connectivity index (χ4n) is 2.80. The summed E-state index contributed by atoms with van der Waals surface area (Å²) in [5, 5.41) is 11.9. The molecule has 1 aromatic heterocycles. The van der Waals surface area contributed by atoms with Crippen LogP contribution in [-0.4, -0.2) is 34.6 Å². The quantitative estimate of drug-likeness (QED) is 0.830. The molecule has 6 nitrogen and oxygen atoms in total. The number of hydrogen-bond acceptors (Lipinski definition) is 4. The average Bonchev–Trinajstić information content (AvgIpc) is 2.95. The number of fused-ring (bicyclic) bond motifs is 1. The summed E-state index contributed by atoms with van der Waals surface area (Å²) in [5.74, 6) is -0.701. The number of amides is 1. The predicted molar refractivity (Wildman–Crippen MR) is 68.4 cm³/mol. The number of carbonyl (C=O) groups excluding carboxylic acids is 1. The Balaban J connectivity index is 2.12. The van der Waals surface area contributed by atoms with Crippen LogP contribution in [0.25, 0.3) is 0 Å². The van der Waals surface area contributed by atoms with Crippen LogP contribution in [-0.2, 0) is 6.54 Å². The minimum atomic E-state index is -1.08. The van der Waals surface area contributed by atoms with E-state index in [1.54, 1.807) is 6.07 Å². The molecule has 100 valence electrons. The molecule has 0 bridgehead atoms. The molecule has 0 saturated carbocycles. The fourth-order valence-corrected chi connectivity index (χ4v) is 2.80. The lowest BCUT2D eigenvalue weighted by molar-refractivity contribution is 0.0689. The monoisotopic (exact) mass is 261 g/mol. The van der Waals surface area contributed by atoms with Crippen molar-refractivity contribution >= 4 is 17.7 Å². The molecular formula is C13H15N3O3. The summed E-state index contributed by atoms with van der Waals surface area (Å²) in [5.41, 5.74) is 0.930. The Hall–Kier alpha value is -2.11. The maximum atomic E-state index is 11.7.